The second kappa shape index (κ2) is 5.93. The van der Waals surface area contributed by atoms with Gasteiger partial charge in [-0.2, -0.15) is 0 Å². The number of rotatable bonds is 4. The summed E-state index contributed by atoms with van der Waals surface area (Å²) in [6.07, 6.45) is 0. The van der Waals surface area contributed by atoms with Gasteiger partial charge in [0, 0.05) is 17.7 Å². The highest BCUT2D eigenvalue weighted by atomic mass is 19.1. The summed E-state index contributed by atoms with van der Waals surface area (Å²) in [4.78, 5) is 11.7. The molecule has 0 saturated carbocycles. The van der Waals surface area contributed by atoms with Crippen LogP contribution in [0.4, 0.5) is 4.39 Å². The van der Waals surface area contributed by atoms with Gasteiger partial charge in [-0.15, -0.1) is 0 Å². The molecule has 0 fully saturated rings. The zero-order chi connectivity index (χ0) is 12.8. The van der Waals surface area contributed by atoms with Gasteiger partial charge in [-0.1, -0.05) is 36.4 Å². The molecule has 0 heterocycles. The van der Waals surface area contributed by atoms with E-state index in [1.807, 2.05) is 6.07 Å². The van der Waals surface area contributed by atoms with Crippen molar-refractivity contribution in [1.29, 1.82) is 0 Å². The number of benzene rings is 2. The van der Waals surface area contributed by atoms with Gasteiger partial charge in [0.15, 0.2) is 0 Å². The van der Waals surface area contributed by atoms with Crippen LogP contribution in [0.3, 0.4) is 0 Å². The standard InChI is InChI=1S/C14H13FN2O/c15-13-9-5-4-8-12(13)10-16-17-14(18)11-6-2-1-3-7-11/h1-9,16H,10H2,(H,17,18). The Hall–Kier alpha value is -2.20. The molecule has 0 unspecified atom stereocenters. The van der Waals surface area contributed by atoms with Crippen molar-refractivity contribution in [2.75, 3.05) is 0 Å². The Kier molecular flexibility index (Phi) is 4.04. The summed E-state index contributed by atoms with van der Waals surface area (Å²) in [5.41, 5.74) is 6.28. The summed E-state index contributed by atoms with van der Waals surface area (Å²) in [7, 11) is 0. The lowest BCUT2D eigenvalue weighted by Gasteiger charge is -2.07. The van der Waals surface area contributed by atoms with Crippen molar-refractivity contribution in [3.8, 4) is 0 Å². The number of carbonyl (C=O) groups is 1. The zero-order valence-corrected chi connectivity index (χ0v) is 9.69. The SMILES string of the molecule is O=C(NNCc1ccccc1F)c1ccccc1. The first-order valence-electron chi connectivity index (χ1n) is 5.59. The van der Waals surface area contributed by atoms with Crippen LogP contribution in [0.15, 0.2) is 54.6 Å². The zero-order valence-electron chi connectivity index (χ0n) is 9.69. The highest BCUT2D eigenvalue weighted by molar-refractivity contribution is 5.93. The normalized spacial score (nSPS) is 10.1. The third kappa shape index (κ3) is 3.15. The van der Waals surface area contributed by atoms with Gasteiger partial charge in [-0.25, -0.2) is 9.82 Å². The maximum Gasteiger partial charge on any atom is 0.265 e. The number of carbonyl (C=O) groups excluding carboxylic acids is 1. The lowest BCUT2D eigenvalue weighted by atomic mass is 10.2. The first-order valence-corrected chi connectivity index (χ1v) is 5.59. The van der Waals surface area contributed by atoms with Crippen molar-refractivity contribution in [1.82, 2.24) is 10.9 Å². The van der Waals surface area contributed by atoms with Crippen molar-refractivity contribution >= 4 is 5.91 Å². The van der Waals surface area contributed by atoms with Crippen molar-refractivity contribution in [3.05, 3.63) is 71.5 Å². The van der Waals surface area contributed by atoms with Gasteiger partial charge in [0.1, 0.15) is 5.82 Å². The van der Waals surface area contributed by atoms with Crippen molar-refractivity contribution in [3.63, 3.8) is 0 Å². The fourth-order valence-corrected chi connectivity index (χ4v) is 1.52. The van der Waals surface area contributed by atoms with Crippen LogP contribution in [0.5, 0.6) is 0 Å². The Bertz CT molecular complexity index is 528. The lowest BCUT2D eigenvalue weighted by Crippen LogP contribution is -2.36. The minimum Gasteiger partial charge on any atom is -0.287 e. The molecule has 1 amide bonds. The van der Waals surface area contributed by atoms with Gasteiger partial charge in [-0.05, 0) is 18.2 Å². The van der Waals surface area contributed by atoms with E-state index in [-0.39, 0.29) is 18.3 Å². The minimum atomic E-state index is -0.293. The summed E-state index contributed by atoms with van der Waals surface area (Å²) < 4.78 is 13.3. The molecule has 92 valence electrons. The van der Waals surface area contributed by atoms with E-state index < -0.39 is 0 Å². The van der Waals surface area contributed by atoms with Crippen molar-refractivity contribution in [2.45, 2.75) is 6.54 Å². The molecule has 0 bridgehead atoms. The van der Waals surface area contributed by atoms with Crippen LogP contribution in [0.2, 0.25) is 0 Å². The highest BCUT2D eigenvalue weighted by Gasteiger charge is 2.04. The predicted octanol–water partition coefficient (Wildman–Crippen LogP) is 2.26. The molecular weight excluding hydrogens is 231 g/mol. The molecular formula is C14H13FN2O. The van der Waals surface area contributed by atoms with E-state index in [0.717, 1.165) is 0 Å². The van der Waals surface area contributed by atoms with Crippen LogP contribution in [-0.2, 0) is 6.54 Å². The molecule has 0 aromatic heterocycles. The Morgan fingerprint density at radius 3 is 2.39 bits per heavy atom. The molecule has 2 rings (SSSR count). The van der Waals surface area contributed by atoms with E-state index in [0.29, 0.717) is 11.1 Å². The molecule has 18 heavy (non-hydrogen) atoms. The van der Waals surface area contributed by atoms with Crippen molar-refractivity contribution < 1.29 is 9.18 Å². The largest absolute Gasteiger partial charge is 0.287 e. The van der Waals surface area contributed by atoms with Crippen LogP contribution in [0.1, 0.15) is 15.9 Å². The highest BCUT2D eigenvalue weighted by Crippen LogP contribution is 2.05. The van der Waals surface area contributed by atoms with Gasteiger partial charge in [0.2, 0.25) is 0 Å². The first-order chi connectivity index (χ1) is 8.77. The van der Waals surface area contributed by atoms with E-state index in [2.05, 4.69) is 10.9 Å². The second-order valence-electron chi connectivity index (χ2n) is 3.77. The number of nitrogens with one attached hydrogen (secondary N) is 2. The summed E-state index contributed by atoms with van der Waals surface area (Å²) in [5, 5.41) is 0. The molecule has 0 aliphatic rings. The lowest BCUT2D eigenvalue weighted by molar-refractivity contribution is 0.0932. The van der Waals surface area contributed by atoms with Crippen molar-refractivity contribution in [2.24, 2.45) is 0 Å². The van der Waals surface area contributed by atoms with Gasteiger partial charge >= 0.3 is 0 Å². The molecule has 2 N–H and O–H groups in total. The minimum absolute atomic E-state index is 0.241. The summed E-state index contributed by atoms with van der Waals surface area (Å²) in [5.74, 6) is -0.536. The van der Waals surface area contributed by atoms with E-state index in [4.69, 9.17) is 0 Å². The molecule has 0 spiro atoms. The number of halogens is 1. The average molecular weight is 244 g/mol. The van der Waals surface area contributed by atoms with Gasteiger partial charge in [-0.3, -0.25) is 10.2 Å². The smallest absolute Gasteiger partial charge is 0.265 e. The topological polar surface area (TPSA) is 41.1 Å². The number of hydrogen-bond acceptors (Lipinski definition) is 2. The van der Waals surface area contributed by atoms with Gasteiger partial charge in [0.05, 0.1) is 0 Å². The predicted molar refractivity (Wildman–Crippen MR) is 67.1 cm³/mol. The van der Waals surface area contributed by atoms with Crippen LogP contribution in [0.25, 0.3) is 0 Å². The molecule has 2 aromatic rings. The van der Waals surface area contributed by atoms with Crippen LogP contribution >= 0.6 is 0 Å². The second-order valence-corrected chi connectivity index (χ2v) is 3.77. The summed E-state index contributed by atoms with van der Waals surface area (Å²) in [6, 6.07) is 15.2. The summed E-state index contributed by atoms with van der Waals surface area (Å²) >= 11 is 0. The van der Waals surface area contributed by atoms with E-state index in [1.54, 1.807) is 42.5 Å². The maximum atomic E-state index is 13.3. The summed E-state index contributed by atoms with van der Waals surface area (Å²) in [6.45, 7) is 0.241. The maximum absolute atomic E-state index is 13.3. The quantitative estimate of drug-likeness (QED) is 0.810. The number of hydrogen-bond donors (Lipinski definition) is 2. The van der Waals surface area contributed by atoms with E-state index >= 15 is 0 Å². The van der Waals surface area contributed by atoms with E-state index in [1.165, 1.54) is 6.07 Å². The molecule has 0 atom stereocenters. The van der Waals surface area contributed by atoms with Crippen LogP contribution < -0.4 is 10.9 Å². The number of amides is 1. The molecule has 0 aliphatic heterocycles. The number of hydrazine groups is 1. The average Bonchev–Trinajstić information content (AvgIpc) is 2.42. The van der Waals surface area contributed by atoms with Crippen LogP contribution in [-0.4, -0.2) is 5.91 Å². The molecule has 2 aromatic carbocycles. The van der Waals surface area contributed by atoms with Gasteiger partial charge < -0.3 is 0 Å². The van der Waals surface area contributed by atoms with Crippen LogP contribution in [0, 0.1) is 5.82 Å². The molecule has 4 heteroatoms. The Labute approximate surface area is 105 Å². The Balaban J connectivity index is 1.86. The molecule has 0 aliphatic carbocycles. The van der Waals surface area contributed by atoms with Gasteiger partial charge in [0.25, 0.3) is 5.91 Å². The fourth-order valence-electron chi connectivity index (χ4n) is 1.52. The fraction of sp³-hybridized carbons (Fsp3) is 0.0714. The third-order valence-corrected chi connectivity index (χ3v) is 2.47. The molecule has 0 saturated heterocycles. The Morgan fingerprint density at radius 1 is 1.00 bits per heavy atom. The first kappa shape index (κ1) is 12.3. The molecule has 0 radical (unpaired) electrons. The monoisotopic (exact) mass is 244 g/mol. The third-order valence-electron chi connectivity index (χ3n) is 2.47. The van der Waals surface area contributed by atoms with E-state index in [9.17, 15) is 9.18 Å². The Morgan fingerprint density at radius 2 is 1.67 bits per heavy atom. The molecule has 3 nitrogen and oxygen atoms in total.